The third-order valence-electron chi connectivity index (χ3n) is 3.35. The van der Waals surface area contributed by atoms with Gasteiger partial charge in [-0.1, -0.05) is 12.1 Å². The van der Waals surface area contributed by atoms with Crippen LogP contribution in [0.25, 0.3) is 16.9 Å². The molecule has 1 aromatic carbocycles. The lowest BCUT2D eigenvalue weighted by Gasteiger charge is -2.08. The van der Waals surface area contributed by atoms with Gasteiger partial charge >= 0.3 is 0 Å². The van der Waals surface area contributed by atoms with Gasteiger partial charge in [0, 0.05) is 16.2 Å². The summed E-state index contributed by atoms with van der Waals surface area (Å²) in [7, 11) is 0. The first kappa shape index (κ1) is 13.9. The van der Waals surface area contributed by atoms with Crippen LogP contribution in [0.3, 0.4) is 0 Å². The number of nitrogens with two attached hydrogens (primary N) is 1. The van der Waals surface area contributed by atoms with Crippen molar-refractivity contribution < 1.29 is 4.74 Å². The number of nitrogens with zero attached hydrogens (tertiary/aromatic N) is 2. The molecule has 3 aromatic rings. The zero-order chi connectivity index (χ0) is 15.0. The van der Waals surface area contributed by atoms with Crippen molar-refractivity contribution in [2.24, 2.45) is 0 Å². The van der Waals surface area contributed by atoms with E-state index in [1.807, 2.05) is 54.8 Å². The highest BCUT2D eigenvalue weighted by molar-refractivity contribution is 9.10. The monoisotopic (exact) mass is 345 g/mol. The molecule has 108 valence electrons. The van der Waals surface area contributed by atoms with Gasteiger partial charge < -0.3 is 10.5 Å². The number of para-hydroxylation sites is 1. The van der Waals surface area contributed by atoms with E-state index in [-0.39, 0.29) is 0 Å². The molecule has 0 aliphatic rings. The maximum absolute atomic E-state index is 6.30. The van der Waals surface area contributed by atoms with E-state index in [4.69, 9.17) is 15.5 Å². The second-order valence-corrected chi connectivity index (χ2v) is 5.73. The molecule has 0 bridgehead atoms. The van der Waals surface area contributed by atoms with Crippen molar-refractivity contribution in [1.82, 2.24) is 9.38 Å². The van der Waals surface area contributed by atoms with Gasteiger partial charge in [0.05, 0.1) is 6.61 Å². The zero-order valence-corrected chi connectivity index (χ0v) is 13.5. The third kappa shape index (κ3) is 2.38. The van der Waals surface area contributed by atoms with E-state index in [1.165, 1.54) is 0 Å². The summed E-state index contributed by atoms with van der Waals surface area (Å²) in [5.74, 6) is 1.41. The van der Waals surface area contributed by atoms with Gasteiger partial charge in [-0.15, -0.1) is 0 Å². The first-order valence-electron chi connectivity index (χ1n) is 6.77. The lowest BCUT2D eigenvalue weighted by Crippen LogP contribution is -1.97. The molecule has 0 aliphatic carbocycles. The lowest BCUT2D eigenvalue weighted by molar-refractivity contribution is 0.341. The molecule has 5 heteroatoms. The summed E-state index contributed by atoms with van der Waals surface area (Å²) in [6, 6.07) is 9.85. The van der Waals surface area contributed by atoms with Crippen LogP contribution in [0.2, 0.25) is 0 Å². The molecule has 0 radical (unpaired) electrons. The van der Waals surface area contributed by atoms with Crippen LogP contribution in [0.1, 0.15) is 12.5 Å². The zero-order valence-electron chi connectivity index (χ0n) is 11.9. The van der Waals surface area contributed by atoms with Crippen LogP contribution < -0.4 is 10.5 Å². The molecular formula is C16H16BrN3O. The molecular weight excluding hydrogens is 330 g/mol. The summed E-state index contributed by atoms with van der Waals surface area (Å²) < 4.78 is 8.56. The number of halogens is 1. The topological polar surface area (TPSA) is 52.5 Å². The molecule has 2 heterocycles. The molecule has 0 spiro atoms. The third-order valence-corrected chi connectivity index (χ3v) is 3.78. The number of rotatable bonds is 3. The summed E-state index contributed by atoms with van der Waals surface area (Å²) in [5.41, 5.74) is 9.89. The molecule has 0 saturated carbocycles. The van der Waals surface area contributed by atoms with Gasteiger partial charge in [-0.05, 0) is 53.5 Å². The molecule has 0 atom stereocenters. The Balaban J connectivity index is 2.27. The molecule has 4 nitrogen and oxygen atoms in total. The highest BCUT2D eigenvalue weighted by atomic mass is 79.9. The summed E-state index contributed by atoms with van der Waals surface area (Å²) in [4.78, 5) is 4.70. The fraction of sp³-hybridized carbons (Fsp3) is 0.188. The second kappa shape index (κ2) is 5.41. The maximum Gasteiger partial charge on any atom is 0.142 e. The van der Waals surface area contributed by atoms with E-state index < -0.39 is 0 Å². The Kier molecular flexibility index (Phi) is 3.59. The molecule has 0 aliphatic heterocycles. The molecule has 0 unspecified atom stereocenters. The van der Waals surface area contributed by atoms with Crippen molar-refractivity contribution in [1.29, 1.82) is 0 Å². The molecule has 0 amide bonds. The van der Waals surface area contributed by atoms with Gasteiger partial charge in [0.25, 0.3) is 0 Å². The smallest absolute Gasteiger partial charge is 0.142 e. The van der Waals surface area contributed by atoms with Crippen molar-refractivity contribution in [3.05, 3.63) is 46.6 Å². The van der Waals surface area contributed by atoms with E-state index >= 15 is 0 Å². The Morgan fingerprint density at radius 1 is 1.33 bits per heavy atom. The first-order valence-corrected chi connectivity index (χ1v) is 7.57. The largest absolute Gasteiger partial charge is 0.493 e. The van der Waals surface area contributed by atoms with Crippen molar-refractivity contribution in [2.75, 3.05) is 12.3 Å². The molecule has 2 N–H and O–H groups in total. The number of pyridine rings is 1. The van der Waals surface area contributed by atoms with Crippen LogP contribution in [0.5, 0.6) is 5.75 Å². The first-order chi connectivity index (χ1) is 10.1. The molecule has 2 aromatic heterocycles. The molecule has 21 heavy (non-hydrogen) atoms. The minimum atomic E-state index is 0.606. The minimum Gasteiger partial charge on any atom is -0.493 e. The number of aromatic nitrogens is 2. The fourth-order valence-corrected chi connectivity index (χ4v) is 2.98. The predicted molar refractivity (Wildman–Crippen MR) is 88.6 cm³/mol. The standard InChI is InChI=1S/C16H16BrN3O/c1-3-21-13-7-5-4-6-12(13)14-15(18)20-9-11(17)8-10(2)16(20)19-14/h4-9H,3,18H2,1-2H3. The number of hydrogen-bond donors (Lipinski definition) is 1. The number of imidazole rings is 1. The Bertz CT molecular complexity index is 811. The van der Waals surface area contributed by atoms with Crippen LogP contribution >= 0.6 is 15.9 Å². The quantitative estimate of drug-likeness (QED) is 0.778. The predicted octanol–water partition coefficient (Wildman–Crippen LogP) is 4.05. The van der Waals surface area contributed by atoms with E-state index in [0.717, 1.165) is 32.7 Å². The number of benzene rings is 1. The highest BCUT2D eigenvalue weighted by Crippen LogP contribution is 2.34. The Hall–Kier alpha value is -2.01. The maximum atomic E-state index is 6.30. The average molecular weight is 346 g/mol. The summed E-state index contributed by atoms with van der Waals surface area (Å²) >= 11 is 3.49. The van der Waals surface area contributed by atoms with Crippen LogP contribution in [0, 0.1) is 6.92 Å². The lowest BCUT2D eigenvalue weighted by atomic mass is 10.1. The number of aryl methyl sites for hydroxylation is 1. The Morgan fingerprint density at radius 2 is 2.10 bits per heavy atom. The second-order valence-electron chi connectivity index (χ2n) is 4.81. The number of fused-ring (bicyclic) bond motifs is 1. The van der Waals surface area contributed by atoms with E-state index in [2.05, 4.69) is 15.9 Å². The van der Waals surface area contributed by atoms with Gasteiger partial charge in [-0.3, -0.25) is 4.40 Å². The van der Waals surface area contributed by atoms with Crippen LogP contribution in [0.4, 0.5) is 5.82 Å². The number of ether oxygens (including phenoxy) is 1. The van der Waals surface area contributed by atoms with E-state index in [0.29, 0.717) is 12.4 Å². The normalized spacial score (nSPS) is 11.0. The van der Waals surface area contributed by atoms with E-state index in [1.54, 1.807) is 0 Å². The summed E-state index contributed by atoms with van der Waals surface area (Å²) in [5, 5.41) is 0. The number of nitrogen functional groups attached to an aromatic ring is 1. The van der Waals surface area contributed by atoms with Gasteiger partial charge in [0.15, 0.2) is 0 Å². The van der Waals surface area contributed by atoms with Crippen LogP contribution in [0.15, 0.2) is 41.0 Å². The molecule has 0 fully saturated rings. The summed E-state index contributed by atoms with van der Waals surface area (Å²) in [6.07, 6.45) is 1.93. The SMILES string of the molecule is CCOc1ccccc1-c1nc2c(C)cc(Br)cn2c1N. The molecule has 3 rings (SSSR count). The van der Waals surface area contributed by atoms with Gasteiger partial charge in [-0.2, -0.15) is 0 Å². The highest BCUT2D eigenvalue weighted by Gasteiger charge is 2.16. The number of hydrogen-bond acceptors (Lipinski definition) is 3. The Labute approximate surface area is 131 Å². The van der Waals surface area contributed by atoms with E-state index in [9.17, 15) is 0 Å². The number of anilines is 1. The Morgan fingerprint density at radius 3 is 2.86 bits per heavy atom. The van der Waals surface area contributed by atoms with Crippen molar-refractivity contribution in [3.63, 3.8) is 0 Å². The van der Waals surface area contributed by atoms with Crippen LogP contribution in [-0.4, -0.2) is 16.0 Å². The summed E-state index contributed by atoms with van der Waals surface area (Å²) in [6.45, 7) is 4.59. The van der Waals surface area contributed by atoms with Crippen molar-refractivity contribution >= 4 is 27.4 Å². The van der Waals surface area contributed by atoms with Gasteiger partial charge in [0.1, 0.15) is 22.9 Å². The van der Waals surface area contributed by atoms with Crippen LogP contribution in [-0.2, 0) is 0 Å². The minimum absolute atomic E-state index is 0.606. The van der Waals surface area contributed by atoms with Gasteiger partial charge in [0.2, 0.25) is 0 Å². The average Bonchev–Trinajstić information content (AvgIpc) is 2.78. The van der Waals surface area contributed by atoms with Gasteiger partial charge in [-0.25, -0.2) is 4.98 Å². The fourth-order valence-electron chi connectivity index (χ4n) is 2.43. The van der Waals surface area contributed by atoms with Crippen molar-refractivity contribution in [2.45, 2.75) is 13.8 Å². The molecule has 0 saturated heterocycles. The van der Waals surface area contributed by atoms with Crippen molar-refractivity contribution in [3.8, 4) is 17.0 Å².